The Bertz CT molecular complexity index is 1390. The van der Waals surface area contributed by atoms with E-state index in [1.165, 1.54) is 17.0 Å². The number of rotatable bonds is 12. The second-order valence-electron chi connectivity index (χ2n) is 9.47. The van der Waals surface area contributed by atoms with Crippen LogP contribution >= 0.6 is 15.9 Å². The summed E-state index contributed by atoms with van der Waals surface area (Å²) < 4.78 is 29.6. The van der Waals surface area contributed by atoms with Gasteiger partial charge in [0.05, 0.1) is 10.6 Å². The average Bonchev–Trinajstić information content (AvgIpc) is 2.91. The number of hydrogen-bond donors (Lipinski definition) is 1. The molecule has 0 saturated carbocycles. The van der Waals surface area contributed by atoms with E-state index in [0.29, 0.717) is 23.1 Å². The standard InChI is InChI=1S/C30H36BrN3O4S/c1-5-18-32-30(36)28(6-2)33(20-24-11-8-7-10-23(24)4)29(35)21-34(26-13-9-12-25(31)19-26)39(37,38)27-16-14-22(3)15-17-27/h7-17,19,28H,5-6,18,20-21H2,1-4H3,(H,32,36). The van der Waals surface area contributed by atoms with Crippen molar-refractivity contribution >= 4 is 43.5 Å². The van der Waals surface area contributed by atoms with E-state index in [2.05, 4.69) is 21.2 Å². The molecule has 39 heavy (non-hydrogen) atoms. The van der Waals surface area contributed by atoms with Gasteiger partial charge in [-0.3, -0.25) is 13.9 Å². The highest BCUT2D eigenvalue weighted by Gasteiger charge is 2.33. The predicted octanol–water partition coefficient (Wildman–Crippen LogP) is 5.59. The van der Waals surface area contributed by atoms with Gasteiger partial charge in [0.15, 0.2) is 0 Å². The van der Waals surface area contributed by atoms with Crippen molar-refractivity contribution in [2.75, 3.05) is 17.4 Å². The molecule has 0 aliphatic heterocycles. The number of anilines is 1. The van der Waals surface area contributed by atoms with Gasteiger partial charge in [-0.2, -0.15) is 0 Å². The van der Waals surface area contributed by atoms with E-state index in [4.69, 9.17) is 0 Å². The molecule has 0 aromatic heterocycles. The minimum absolute atomic E-state index is 0.0825. The van der Waals surface area contributed by atoms with Gasteiger partial charge in [0.2, 0.25) is 11.8 Å². The molecule has 1 unspecified atom stereocenters. The fraction of sp³-hybridized carbons (Fsp3) is 0.333. The van der Waals surface area contributed by atoms with E-state index in [0.717, 1.165) is 27.4 Å². The fourth-order valence-corrected chi connectivity index (χ4v) is 6.05. The zero-order chi connectivity index (χ0) is 28.6. The van der Waals surface area contributed by atoms with E-state index in [1.807, 2.05) is 52.0 Å². The summed E-state index contributed by atoms with van der Waals surface area (Å²) in [5.74, 6) is -0.718. The van der Waals surface area contributed by atoms with Crippen LogP contribution in [0.15, 0.2) is 82.2 Å². The second kappa shape index (κ2) is 13.8. The fourth-order valence-electron chi connectivity index (χ4n) is 4.25. The number of halogens is 1. The first-order valence-electron chi connectivity index (χ1n) is 13.0. The van der Waals surface area contributed by atoms with E-state index in [-0.39, 0.29) is 17.3 Å². The second-order valence-corrected chi connectivity index (χ2v) is 12.2. The molecule has 0 radical (unpaired) electrons. The van der Waals surface area contributed by atoms with Crippen LogP contribution in [0.1, 0.15) is 43.4 Å². The van der Waals surface area contributed by atoms with Crippen molar-refractivity contribution < 1.29 is 18.0 Å². The summed E-state index contributed by atoms with van der Waals surface area (Å²) in [5, 5.41) is 2.90. The van der Waals surface area contributed by atoms with Gasteiger partial charge in [-0.25, -0.2) is 8.42 Å². The molecule has 7 nitrogen and oxygen atoms in total. The normalized spacial score (nSPS) is 12.0. The minimum atomic E-state index is -4.10. The monoisotopic (exact) mass is 613 g/mol. The van der Waals surface area contributed by atoms with Crippen molar-refractivity contribution in [3.8, 4) is 0 Å². The third kappa shape index (κ3) is 7.70. The molecule has 0 fully saturated rings. The molecule has 0 aliphatic rings. The molecule has 3 aromatic rings. The Morgan fingerprint density at radius 1 is 0.949 bits per heavy atom. The molecule has 0 bridgehead atoms. The minimum Gasteiger partial charge on any atom is -0.354 e. The molecule has 9 heteroatoms. The van der Waals surface area contributed by atoms with Gasteiger partial charge in [0.25, 0.3) is 10.0 Å². The van der Waals surface area contributed by atoms with E-state index < -0.39 is 28.5 Å². The Labute approximate surface area is 240 Å². The maximum Gasteiger partial charge on any atom is 0.264 e. The van der Waals surface area contributed by atoms with Crippen LogP contribution in [0.25, 0.3) is 0 Å². The number of sulfonamides is 1. The van der Waals surface area contributed by atoms with Crippen molar-refractivity contribution in [2.24, 2.45) is 0 Å². The molecule has 3 aromatic carbocycles. The molecule has 1 N–H and O–H groups in total. The first-order valence-corrected chi connectivity index (χ1v) is 15.3. The SMILES string of the molecule is CCCNC(=O)C(CC)N(Cc1ccccc1C)C(=O)CN(c1cccc(Br)c1)S(=O)(=O)c1ccc(C)cc1. The van der Waals surface area contributed by atoms with Crippen LogP contribution in [0.4, 0.5) is 5.69 Å². The summed E-state index contributed by atoms with van der Waals surface area (Å²) in [7, 11) is -4.10. The summed E-state index contributed by atoms with van der Waals surface area (Å²) in [6, 6.07) is 20.3. The Balaban J connectivity index is 2.06. The summed E-state index contributed by atoms with van der Waals surface area (Å²) in [6.45, 7) is 7.85. The average molecular weight is 615 g/mol. The summed E-state index contributed by atoms with van der Waals surface area (Å²) in [6.07, 6.45) is 1.15. The largest absolute Gasteiger partial charge is 0.354 e. The molecule has 3 rings (SSSR count). The first-order chi connectivity index (χ1) is 18.6. The third-order valence-corrected chi connectivity index (χ3v) is 8.80. The van der Waals surface area contributed by atoms with Crippen molar-refractivity contribution in [2.45, 2.75) is 58.0 Å². The van der Waals surface area contributed by atoms with E-state index in [1.54, 1.807) is 36.4 Å². The third-order valence-electron chi connectivity index (χ3n) is 6.52. The zero-order valence-corrected chi connectivity index (χ0v) is 25.3. The number of carbonyl (C=O) groups is 2. The van der Waals surface area contributed by atoms with Gasteiger partial charge in [-0.05, 0) is 68.1 Å². The lowest BCUT2D eigenvalue weighted by Gasteiger charge is -2.33. The highest BCUT2D eigenvalue weighted by atomic mass is 79.9. The first kappa shape index (κ1) is 30.4. The lowest BCUT2D eigenvalue weighted by molar-refractivity contribution is -0.140. The van der Waals surface area contributed by atoms with Crippen LogP contribution in [-0.2, 0) is 26.2 Å². The molecule has 0 heterocycles. The van der Waals surface area contributed by atoms with Crippen molar-refractivity contribution in [1.29, 1.82) is 0 Å². The van der Waals surface area contributed by atoms with Crippen LogP contribution in [0.5, 0.6) is 0 Å². The molecular weight excluding hydrogens is 578 g/mol. The zero-order valence-electron chi connectivity index (χ0n) is 22.9. The topological polar surface area (TPSA) is 86.8 Å². The molecule has 0 aliphatic carbocycles. The summed E-state index contributed by atoms with van der Waals surface area (Å²) in [4.78, 5) is 28.8. The molecule has 0 spiro atoms. The Morgan fingerprint density at radius 2 is 1.64 bits per heavy atom. The smallest absolute Gasteiger partial charge is 0.264 e. The Morgan fingerprint density at radius 3 is 2.26 bits per heavy atom. The molecule has 208 valence electrons. The number of carbonyl (C=O) groups excluding carboxylic acids is 2. The number of benzene rings is 3. The van der Waals surface area contributed by atoms with Gasteiger partial charge in [0, 0.05) is 17.6 Å². The van der Waals surface area contributed by atoms with E-state index >= 15 is 0 Å². The van der Waals surface area contributed by atoms with Crippen LogP contribution in [0.3, 0.4) is 0 Å². The highest BCUT2D eigenvalue weighted by molar-refractivity contribution is 9.10. The summed E-state index contributed by atoms with van der Waals surface area (Å²) in [5.41, 5.74) is 3.14. The van der Waals surface area contributed by atoms with Gasteiger partial charge in [0.1, 0.15) is 12.6 Å². The number of nitrogens with zero attached hydrogens (tertiary/aromatic N) is 2. The van der Waals surface area contributed by atoms with Gasteiger partial charge < -0.3 is 10.2 Å². The lowest BCUT2D eigenvalue weighted by Crippen LogP contribution is -2.52. The Hall–Kier alpha value is -3.17. The Kier molecular flexibility index (Phi) is 10.7. The number of amides is 2. The highest BCUT2D eigenvalue weighted by Crippen LogP contribution is 2.27. The number of hydrogen-bond acceptors (Lipinski definition) is 4. The molecule has 2 amide bonds. The van der Waals surface area contributed by atoms with Crippen molar-refractivity contribution in [3.05, 3.63) is 94.0 Å². The van der Waals surface area contributed by atoms with Gasteiger partial charge in [-0.1, -0.05) is 77.8 Å². The van der Waals surface area contributed by atoms with Gasteiger partial charge >= 0.3 is 0 Å². The van der Waals surface area contributed by atoms with Crippen LogP contribution < -0.4 is 9.62 Å². The van der Waals surface area contributed by atoms with Gasteiger partial charge in [-0.15, -0.1) is 0 Å². The molecular formula is C30H36BrN3O4S. The maximum atomic E-state index is 14.1. The van der Waals surface area contributed by atoms with Crippen LogP contribution in [-0.4, -0.2) is 44.3 Å². The molecule has 1 atom stereocenters. The van der Waals surface area contributed by atoms with Crippen molar-refractivity contribution in [1.82, 2.24) is 10.2 Å². The number of nitrogens with one attached hydrogen (secondary N) is 1. The molecule has 0 saturated heterocycles. The predicted molar refractivity (Wildman–Crippen MR) is 159 cm³/mol. The van der Waals surface area contributed by atoms with Crippen molar-refractivity contribution in [3.63, 3.8) is 0 Å². The van der Waals surface area contributed by atoms with Crippen LogP contribution in [0.2, 0.25) is 0 Å². The van der Waals surface area contributed by atoms with Crippen LogP contribution in [0, 0.1) is 13.8 Å². The lowest BCUT2D eigenvalue weighted by atomic mass is 10.1. The quantitative estimate of drug-likeness (QED) is 0.288. The maximum absolute atomic E-state index is 14.1. The number of aryl methyl sites for hydroxylation is 2. The van der Waals surface area contributed by atoms with E-state index in [9.17, 15) is 18.0 Å². The summed E-state index contributed by atoms with van der Waals surface area (Å²) >= 11 is 3.42.